The lowest BCUT2D eigenvalue weighted by Crippen LogP contribution is -2.27. The van der Waals surface area contributed by atoms with Gasteiger partial charge < -0.3 is 25.1 Å². The van der Waals surface area contributed by atoms with Crippen LogP contribution in [0.2, 0.25) is 0 Å². The lowest BCUT2D eigenvalue weighted by Gasteiger charge is -2.14. The summed E-state index contributed by atoms with van der Waals surface area (Å²) in [5.41, 5.74) is 15.1. The summed E-state index contributed by atoms with van der Waals surface area (Å²) in [5.74, 6) is 0.459. The minimum absolute atomic E-state index is 0.133. The van der Waals surface area contributed by atoms with E-state index in [-0.39, 0.29) is 12.5 Å². The van der Waals surface area contributed by atoms with Crippen molar-refractivity contribution in [2.45, 2.75) is 93.1 Å². The van der Waals surface area contributed by atoms with Gasteiger partial charge in [-0.15, -0.1) is 0 Å². The molecule has 0 aliphatic carbocycles. The van der Waals surface area contributed by atoms with E-state index in [0.29, 0.717) is 25.3 Å². The number of hydrogen-bond donors (Lipinski definition) is 4. The Balaban J connectivity index is 0.000000382. The maximum atomic E-state index is 10.9. The molecule has 5 rings (SSSR count). The van der Waals surface area contributed by atoms with Gasteiger partial charge in [0.25, 0.3) is 0 Å². The highest BCUT2D eigenvalue weighted by molar-refractivity contribution is 5.85. The van der Waals surface area contributed by atoms with Crippen molar-refractivity contribution in [3.05, 3.63) is 68.8 Å². The fourth-order valence-corrected chi connectivity index (χ4v) is 6.12. The number of nitrogens with one attached hydrogen (secondary N) is 2. The van der Waals surface area contributed by atoms with E-state index in [1.54, 1.807) is 11.9 Å². The van der Waals surface area contributed by atoms with E-state index in [0.717, 1.165) is 74.4 Å². The molecule has 2 unspecified atom stereocenters. The van der Waals surface area contributed by atoms with E-state index < -0.39 is 6.10 Å². The van der Waals surface area contributed by atoms with Gasteiger partial charge in [0, 0.05) is 71.6 Å². The summed E-state index contributed by atoms with van der Waals surface area (Å²) < 4.78 is 0. The molecule has 2 atom stereocenters. The summed E-state index contributed by atoms with van der Waals surface area (Å²) >= 11 is 0. The Kier molecular flexibility index (Phi) is 10.5. The number of hydrogen-bond acceptors (Lipinski definition) is 5. The second-order valence-corrected chi connectivity index (χ2v) is 12.2. The number of aromatic amines is 2. The maximum Gasteiger partial charge on any atom is 0.222 e. The predicted molar refractivity (Wildman–Crippen MR) is 181 cm³/mol. The van der Waals surface area contributed by atoms with Crippen molar-refractivity contribution in [1.29, 1.82) is 0 Å². The van der Waals surface area contributed by atoms with Gasteiger partial charge >= 0.3 is 0 Å². The van der Waals surface area contributed by atoms with Crippen LogP contribution in [0.5, 0.6) is 0 Å². The van der Waals surface area contributed by atoms with Crippen LogP contribution in [-0.2, 0) is 17.6 Å². The topological polar surface area (TPSA) is 118 Å². The van der Waals surface area contributed by atoms with E-state index in [1.807, 2.05) is 13.8 Å². The average Bonchev–Trinajstić information content (AvgIpc) is 3.71. The molecule has 8 bridgehead atoms. The van der Waals surface area contributed by atoms with Crippen molar-refractivity contribution in [3.63, 3.8) is 0 Å². The molecule has 2 aliphatic rings. The smallest absolute Gasteiger partial charge is 0.222 e. The molecule has 4 N–H and O–H groups in total. The molecule has 3 aromatic heterocycles. The molecule has 0 saturated heterocycles. The van der Waals surface area contributed by atoms with Crippen molar-refractivity contribution in [1.82, 2.24) is 24.8 Å². The molecule has 0 saturated carbocycles. The Morgan fingerprint density at radius 3 is 2.32 bits per heavy atom. The van der Waals surface area contributed by atoms with Gasteiger partial charge in [-0.2, -0.15) is 0 Å². The molecule has 0 fully saturated rings. The molecule has 44 heavy (non-hydrogen) atoms. The van der Waals surface area contributed by atoms with Crippen molar-refractivity contribution in [2.24, 2.45) is 0 Å². The van der Waals surface area contributed by atoms with E-state index >= 15 is 0 Å². The fourth-order valence-electron chi connectivity index (χ4n) is 6.12. The van der Waals surface area contributed by atoms with Gasteiger partial charge in [-0.25, -0.2) is 4.98 Å². The van der Waals surface area contributed by atoms with Crippen LogP contribution >= 0.6 is 0 Å². The highest BCUT2D eigenvalue weighted by Gasteiger charge is 2.21. The number of aliphatic hydroxyl groups excluding tert-OH is 2. The summed E-state index contributed by atoms with van der Waals surface area (Å²) in [6.07, 6.45) is 4.65. The molecule has 1 amide bonds. The Hall–Kier alpha value is -3.75. The third-order valence-electron chi connectivity index (χ3n) is 8.92. The van der Waals surface area contributed by atoms with Gasteiger partial charge in [0.15, 0.2) is 0 Å². The number of carbonyl (C=O) groups is 1. The Labute approximate surface area is 261 Å². The lowest BCUT2D eigenvalue weighted by molar-refractivity contribution is -0.129. The van der Waals surface area contributed by atoms with Gasteiger partial charge in [0.05, 0.1) is 17.5 Å². The quantitative estimate of drug-likeness (QED) is 0.243. The zero-order valence-electron chi connectivity index (χ0n) is 27.9. The molecule has 2 aliphatic heterocycles. The first-order valence-electron chi connectivity index (χ1n) is 15.8. The van der Waals surface area contributed by atoms with Crippen LogP contribution < -0.4 is 0 Å². The first-order valence-corrected chi connectivity index (χ1v) is 15.8. The SMILES string of the molecule is CCC(=O)N(C)CCCO.CCc1c(C)c2cc3[nH]c(cc4nc(c(C)c5nc(cc1[nH]2)C(C)=C5)CC4C)c(C)c3C(C)O. The third kappa shape index (κ3) is 6.81. The summed E-state index contributed by atoms with van der Waals surface area (Å²) in [6, 6.07) is 6.46. The zero-order chi connectivity index (χ0) is 32.3. The molecular weight excluding hydrogens is 550 g/mol. The molecular formula is C36H49N5O3. The molecule has 5 heterocycles. The standard InChI is InChI=1S/C29H34N4O.C7H15NO2/c1-8-20-16(4)25-13-28-29(19(7)34)18(6)26(33-28)11-21-14(2)9-23(30-21)17(5)24-10-15(3)22(31-24)12-27(20)32-25;1-3-7(10)8(2)5-4-6-9/h10-14,19,32-34H,8-9H2,1-7H3;9H,3-6H2,1-2H3. The first-order chi connectivity index (χ1) is 20.9. The number of nitrogens with zero attached hydrogens (tertiary/aromatic N) is 3. The monoisotopic (exact) mass is 599 g/mol. The van der Waals surface area contributed by atoms with Crippen LogP contribution in [0.15, 0.2) is 18.2 Å². The molecule has 3 aromatic rings. The van der Waals surface area contributed by atoms with Crippen LogP contribution in [0.4, 0.5) is 0 Å². The molecule has 236 valence electrons. The number of aliphatic hydroxyl groups is 2. The Morgan fingerprint density at radius 2 is 1.68 bits per heavy atom. The van der Waals surface area contributed by atoms with Crippen LogP contribution in [0.25, 0.3) is 33.7 Å². The van der Waals surface area contributed by atoms with Crippen LogP contribution in [-0.4, -0.2) is 61.2 Å². The number of allylic oxidation sites excluding steroid dienone is 1. The number of fused-ring (bicyclic) bond motifs is 8. The summed E-state index contributed by atoms with van der Waals surface area (Å²) in [6.45, 7) is 17.4. The van der Waals surface area contributed by atoms with Gasteiger partial charge in [-0.3, -0.25) is 9.78 Å². The van der Waals surface area contributed by atoms with Crippen LogP contribution in [0, 0.1) is 20.8 Å². The van der Waals surface area contributed by atoms with Gasteiger partial charge in [0.1, 0.15) is 0 Å². The summed E-state index contributed by atoms with van der Waals surface area (Å²) in [5, 5.41) is 19.1. The summed E-state index contributed by atoms with van der Waals surface area (Å²) in [7, 11) is 1.75. The molecule has 0 aromatic carbocycles. The van der Waals surface area contributed by atoms with E-state index in [2.05, 4.69) is 75.8 Å². The van der Waals surface area contributed by atoms with Crippen molar-refractivity contribution < 1.29 is 15.0 Å². The zero-order valence-corrected chi connectivity index (χ0v) is 27.9. The Morgan fingerprint density at radius 1 is 1.00 bits per heavy atom. The third-order valence-corrected chi connectivity index (χ3v) is 8.92. The largest absolute Gasteiger partial charge is 0.396 e. The normalized spacial score (nSPS) is 15.0. The fraction of sp³-hybridized carbons (Fsp3) is 0.472. The highest BCUT2D eigenvalue weighted by Crippen LogP contribution is 2.33. The van der Waals surface area contributed by atoms with E-state index in [4.69, 9.17) is 15.1 Å². The average molecular weight is 600 g/mol. The summed E-state index contributed by atoms with van der Waals surface area (Å²) in [4.78, 5) is 29.8. The maximum absolute atomic E-state index is 10.9. The second-order valence-electron chi connectivity index (χ2n) is 12.2. The minimum atomic E-state index is -0.575. The number of rotatable bonds is 6. The van der Waals surface area contributed by atoms with Crippen LogP contribution in [0.3, 0.4) is 0 Å². The number of H-pyrrole nitrogens is 2. The van der Waals surface area contributed by atoms with Crippen molar-refractivity contribution in [3.8, 4) is 0 Å². The van der Waals surface area contributed by atoms with Crippen LogP contribution in [0.1, 0.15) is 110 Å². The van der Waals surface area contributed by atoms with Crippen molar-refractivity contribution >= 4 is 39.6 Å². The Bertz CT molecular complexity index is 1730. The first kappa shape index (κ1) is 33.1. The second kappa shape index (κ2) is 13.9. The van der Waals surface area contributed by atoms with E-state index in [1.165, 1.54) is 16.7 Å². The molecule has 0 radical (unpaired) electrons. The number of aryl methyl sites for hydroxylation is 3. The number of carbonyl (C=O) groups excluding carboxylic acids is 1. The minimum Gasteiger partial charge on any atom is -0.396 e. The predicted octanol–water partition coefficient (Wildman–Crippen LogP) is 7.00. The molecule has 8 nitrogen and oxygen atoms in total. The highest BCUT2D eigenvalue weighted by atomic mass is 16.3. The van der Waals surface area contributed by atoms with Crippen molar-refractivity contribution in [2.75, 3.05) is 20.2 Å². The number of amides is 1. The van der Waals surface area contributed by atoms with E-state index in [9.17, 15) is 9.90 Å². The number of aromatic nitrogens is 4. The lowest BCUT2D eigenvalue weighted by atomic mass is 10.0. The molecule has 8 heteroatoms. The molecule has 0 spiro atoms. The van der Waals surface area contributed by atoms with Gasteiger partial charge in [-0.1, -0.05) is 20.8 Å². The van der Waals surface area contributed by atoms with Gasteiger partial charge in [0.2, 0.25) is 5.91 Å². The van der Waals surface area contributed by atoms with Gasteiger partial charge in [-0.05, 0) is 106 Å².